The van der Waals surface area contributed by atoms with E-state index in [2.05, 4.69) is 10.6 Å². The van der Waals surface area contributed by atoms with Gasteiger partial charge in [-0.15, -0.1) is 0 Å². The third-order valence-electron chi connectivity index (χ3n) is 5.24. The second-order valence-corrected chi connectivity index (χ2v) is 7.11. The predicted molar refractivity (Wildman–Crippen MR) is 103 cm³/mol. The lowest BCUT2D eigenvalue weighted by molar-refractivity contribution is -0.136. The van der Waals surface area contributed by atoms with E-state index in [-0.39, 0.29) is 36.1 Å². The van der Waals surface area contributed by atoms with Crippen LogP contribution in [0.25, 0.3) is 0 Å². The summed E-state index contributed by atoms with van der Waals surface area (Å²) in [7, 11) is 0. The van der Waals surface area contributed by atoms with Crippen molar-refractivity contribution < 1.29 is 28.7 Å². The van der Waals surface area contributed by atoms with Crippen LogP contribution in [0.3, 0.4) is 0 Å². The van der Waals surface area contributed by atoms with Crippen molar-refractivity contribution >= 4 is 29.3 Å². The Bertz CT molecular complexity index is 1080. The van der Waals surface area contributed by atoms with Crippen molar-refractivity contribution in [2.45, 2.75) is 32.0 Å². The van der Waals surface area contributed by atoms with E-state index in [1.165, 1.54) is 18.2 Å². The maximum atomic E-state index is 13.9. The number of amides is 4. The van der Waals surface area contributed by atoms with E-state index in [9.17, 15) is 23.6 Å². The summed E-state index contributed by atoms with van der Waals surface area (Å²) in [5.41, 5.74) is 1.45. The van der Waals surface area contributed by atoms with E-state index in [0.29, 0.717) is 11.3 Å². The number of aliphatic hydroxyl groups is 1. The van der Waals surface area contributed by atoms with E-state index >= 15 is 0 Å². The number of nitrogens with one attached hydrogen (secondary N) is 2. The second kappa shape index (κ2) is 7.68. The van der Waals surface area contributed by atoms with Gasteiger partial charge < -0.3 is 10.4 Å². The highest BCUT2D eigenvalue weighted by molar-refractivity contribution is 6.25. The van der Waals surface area contributed by atoms with Gasteiger partial charge in [-0.1, -0.05) is 18.2 Å². The maximum Gasteiger partial charge on any atom is 0.264 e. The summed E-state index contributed by atoms with van der Waals surface area (Å²) in [5, 5.41) is 14.3. The molecule has 9 heteroatoms. The molecular formula is C21H18FN3O5. The molecule has 2 aromatic rings. The van der Waals surface area contributed by atoms with Crippen LogP contribution < -0.4 is 10.6 Å². The quantitative estimate of drug-likeness (QED) is 0.640. The number of hydrogen-bond donors (Lipinski definition) is 3. The van der Waals surface area contributed by atoms with Gasteiger partial charge in [0.05, 0.1) is 17.7 Å². The van der Waals surface area contributed by atoms with Gasteiger partial charge in [0, 0.05) is 24.2 Å². The first-order chi connectivity index (χ1) is 14.4. The van der Waals surface area contributed by atoms with Crippen molar-refractivity contribution in [3.63, 3.8) is 0 Å². The molecule has 30 heavy (non-hydrogen) atoms. The molecule has 2 aliphatic rings. The van der Waals surface area contributed by atoms with Crippen molar-refractivity contribution in [1.82, 2.24) is 10.2 Å². The third kappa shape index (κ3) is 3.33. The number of hydrogen-bond acceptors (Lipinski definition) is 6. The van der Waals surface area contributed by atoms with E-state index in [4.69, 9.17) is 5.11 Å². The van der Waals surface area contributed by atoms with Crippen LogP contribution in [-0.2, 0) is 22.7 Å². The molecule has 0 aliphatic carbocycles. The molecule has 4 rings (SSSR count). The van der Waals surface area contributed by atoms with Crippen LogP contribution in [0.2, 0.25) is 0 Å². The molecule has 1 atom stereocenters. The number of benzene rings is 2. The molecular weight excluding hydrogens is 393 g/mol. The zero-order chi connectivity index (χ0) is 21.4. The standard InChI is InChI=1S/C21H18FN3O5/c22-14-8-11(4-5-12(14)10-26)9-23-15-3-1-2-13-18(15)21(30)25(20(13)29)16-6-7-17(27)24-19(16)28/h1-5,8,16,23,26H,6-7,9-10H2,(H,24,27,28). The molecule has 2 heterocycles. The Morgan fingerprint density at radius 3 is 2.63 bits per heavy atom. The Morgan fingerprint density at radius 1 is 1.13 bits per heavy atom. The van der Waals surface area contributed by atoms with E-state index in [0.717, 1.165) is 4.90 Å². The van der Waals surface area contributed by atoms with Crippen molar-refractivity contribution in [2.75, 3.05) is 5.32 Å². The van der Waals surface area contributed by atoms with Crippen LogP contribution in [0.15, 0.2) is 36.4 Å². The first-order valence-electron chi connectivity index (χ1n) is 9.37. The summed E-state index contributed by atoms with van der Waals surface area (Å²) in [5.74, 6) is -2.85. The molecule has 3 N–H and O–H groups in total. The normalized spacial score (nSPS) is 18.5. The Morgan fingerprint density at radius 2 is 1.93 bits per heavy atom. The van der Waals surface area contributed by atoms with Gasteiger partial charge in [0.1, 0.15) is 11.9 Å². The molecule has 2 aliphatic heterocycles. The van der Waals surface area contributed by atoms with E-state index in [1.54, 1.807) is 18.2 Å². The van der Waals surface area contributed by atoms with Gasteiger partial charge in [-0.3, -0.25) is 29.4 Å². The predicted octanol–water partition coefficient (Wildman–Crippen LogP) is 1.33. The van der Waals surface area contributed by atoms with Crippen LogP contribution in [0, 0.1) is 5.82 Å². The molecule has 0 radical (unpaired) electrons. The zero-order valence-corrected chi connectivity index (χ0v) is 15.8. The van der Waals surface area contributed by atoms with Gasteiger partial charge in [0.15, 0.2) is 0 Å². The van der Waals surface area contributed by atoms with Gasteiger partial charge >= 0.3 is 0 Å². The van der Waals surface area contributed by atoms with Crippen LogP contribution >= 0.6 is 0 Å². The summed E-state index contributed by atoms with van der Waals surface area (Å²) in [6.45, 7) is -0.225. The highest BCUT2D eigenvalue weighted by Gasteiger charge is 2.45. The number of imide groups is 2. The second-order valence-electron chi connectivity index (χ2n) is 7.11. The number of rotatable bonds is 5. The number of aliphatic hydroxyl groups excluding tert-OH is 1. The van der Waals surface area contributed by atoms with Crippen molar-refractivity contribution in [3.05, 3.63) is 64.5 Å². The molecule has 8 nitrogen and oxygen atoms in total. The number of halogens is 1. The Kier molecular flexibility index (Phi) is 5.04. The van der Waals surface area contributed by atoms with Crippen LogP contribution in [0.4, 0.5) is 10.1 Å². The summed E-state index contributed by atoms with van der Waals surface area (Å²) >= 11 is 0. The molecule has 4 amide bonds. The molecule has 1 unspecified atom stereocenters. The minimum atomic E-state index is -1.04. The topological polar surface area (TPSA) is 116 Å². The number of anilines is 1. The minimum absolute atomic E-state index is 0.0460. The number of carbonyl (C=O) groups excluding carboxylic acids is 4. The summed E-state index contributed by atoms with van der Waals surface area (Å²) in [4.78, 5) is 50.3. The van der Waals surface area contributed by atoms with E-state index < -0.39 is 42.1 Å². The lowest BCUT2D eigenvalue weighted by atomic mass is 10.0. The number of nitrogens with zero attached hydrogens (tertiary/aromatic N) is 1. The van der Waals surface area contributed by atoms with Crippen molar-refractivity contribution in [3.8, 4) is 0 Å². The molecule has 154 valence electrons. The van der Waals surface area contributed by atoms with Crippen LogP contribution in [-0.4, -0.2) is 39.7 Å². The SMILES string of the molecule is O=C1CCC(N2C(=O)c3cccc(NCc4ccc(CO)c(F)c4)c3C2=O)C(=O)N1. The number of fused-ring (bicyclic) bond motifs is 1. The van der Waals surface area contributed by atoms with Gasteiger partial charge in [0.2, 0.25) is 11.8 Å². The number of carbonyl (C=O) groups is 4. The fourth-order valence-corrected chi connectivity index (χ4v) is 3.69. The maximum absolute atomic E-state index is 13.9. The average Bonchev–Trinajstić information content (AvgIpc) is 2.98. The first-order valence-corrected chi connectivity index (χ1v) is 9.37. The molecule has 2 aromatic carbocycles. The zero-order valence-electron chi connectivity index (χ0n) is 15.8. The molecule has 0 aromatic heterocycles. The minimum Gasteiger partial charge on any atom is -0.392 e. The molecule has 0 spiro atoms. The molecule has 0 bridgehead atoms. The van der Waals surface area contributed by atoms with Gasteiger partial charge in [-0.25, -0.2) is 4.39 Å². The largest absolute Gasteiger partial charge is 0.392 e. The summed E-state index contributed by atoms with van der Waals surface area (Å²) < 4.78 is 13.9. The monoisotopic (exact) mass is 411 g/mol. The first kappa shape index (κ1) is 19.7. The van der Waals surface area contributed by atoms with Gasteiger partial charge in [-0.2, -0.15) is 0 Å². The lowest BCUT2D eigenvalue weighted by Gasteiger charge is -2.27. The van der Waals surface area contributed by atoms with Crippen molar-refractivity contribution in [1.29, 1.82) is 0 Å². The lowest BCUT2D eigenvalue weighted by Crippen LogP contribution is -2.54. The Hall–Kier alpha value is -3.59. The highest BCUT2D eigenvalue weighted by Crippen LogP contribution is 2.32. The van der Waals surface area contributed by atoms with Gasteiger partial charge in [0.25, 0.3) is 11.8 Å². The summed E-state index contributed by atoms with van der Waals surface area (Å²) in [6, 6.07) is 8.09. The Labute approximate surface area is 170 Å². The van der Waals surface area contributed by atoms with Gasteiger partial charge in [-0.05, 0) is 30.2 Å². The van der Waals surface area contributed by atoms with E-state index in [1.807, 2.05) is 0 Å². The smallest absolute Gasteiger partial charge is 0.264 e. The fraction of sp³-hybridized carbons (Fsp3) is 0.238. The van der Waals surface area contributed by atoms with Crippen molar-refractivity contribution in [2.24, 2.45) is 0 Å². The number of piperidine rings is 1. The fourth-order valence-electron chi connectivity index (χ4n) is 3.69. The Balaban J connectivity index is 1.58. The average molecular weight is 411 g/mol. The summed E-state index contributed by atoms with van der Waals surface area (Å²) in [6.07, 6.45) is 0.125. The molecule has 1 saturated heterocycles. The van der Waals surface area contributed by atoms with Crippen LogP contribution in [0.5, 0.6) is 0 Å². The molecule has 1 fully saturated rings. The third-order valence-corrected chi connectivity index (χ3v) is 5.24. The molecule has 0 saturated carbocycles. The van der Waals surface area contributed by atoms with Crippen LogP contribution in [0.1, 0.15) is 44.7 Å². The highest BCUT2D eigenvalue weighted by atomic mass is 19.1.